The van der Waals surface area contributed by atoms with Crippen LogP contribution in [0, 0.1) is 0 Å². The van der Waals surface area contributed by atoms with Crippen LogP contribution in [0.1, 0.15) is 41.5 Å². The van der Waals surface area contributed by atoms with Crippen molar-refractivity contribution in [2.75, 3.05) is 19.6 Å². The maximum absolute atomic E-state index is 11.8. The summed E-state index contributed by atoms with van der Waals surface area (Å²) in [6, 6.07) is 0.182. The summed E-state index contributed by atoms with van der Waals surface area (Å²) in [6.07, 6.45) is -0.236. The van der Waals surface area contributed by atoms with Gasteiger partial charge in [-0.25, -0.2) is 4.79 Å². The van der Waals surface area contributed by atoms with Crippen molar-refractivity contribution < 1.29 is 9.53 Å². The fourth-order valence-electron chi connectivity index (χ4n) is 1.57. The molecule has 1 amide bonds. The Morgan fingerprint density at radius 2 is 1.94 bits per heavy atom. The Balaban J connectivity index is 0.00000137. The Morgan fingerprint density at radius 3 is 2.39 bits per heavy atom. The van der Waals surface area contributed by atoms with Gasteiger partial charge >= 0.3 is 6.09 Å². The lowest BCUT2D eigenvalue weighted by Crippen LogP contribution is -2.53. The summed E-state index contributed by atoms with van der Waals surface area (Å²) >= 11 is 0. The second kappa shape index (κ2) is 7.41. The number of ether oxygens (including phenoxy) is 1. The molecule has 106 valence electrons. The third-order valence-electron chi connectivity index (χ3n) is 2.42. The van der Waals surface area contributed by atoms with Gasteiger partial charge in [-0.15, -0.1) is 0 Å². The molecule has 0 aromatic rings. The Labute approximate surface area is 111 Å². The molecule has 1 rings (SSSR count). The van der Waals surface area contributed by atoms with Crippen LogP contribution in [0.15, 0.2) is 12.2 Å². The highest BCUT2D eigenvalue weighted by Gasteiger charge is 2.27. The van der Waals surface area contributed by atoms with Gasteiger partial charge in [-0.3, -0.25) is 0 Å². The van der Waals surface area contributed by atoms with Gasteiger partial charge in [-0.05, 0) is 27.7 Å². The monoisotopic (exact) mass is 256 g/mol. The van der Waals surface area contributed by atoms with E-state index in [-0.39, 0.29) is 12.1 Å². The van der Waals surface area contributed by atoms with Crippen molar-refractivity contribution >= 4 is 6.09 Å². The third kappa shape index (κ3) is 6.05. The first-order valence-electron chi connectivity index (χ1n) is 6.66. The number of piperazine rings is 1. The number of carbonyl (C=O) groups is 1. The fourth-order valence-corrected chi connectivity index (χ4v) is 1.57. The molecule has 1 saturated heterocycles. The molecular formula is C14H28N2O2. The van der Waals surface area contributed by atoms with Crippen molar-refractivity contribution in [1.29, 1.82) is 0 Å². The van der Waals surface area contributed by atoms with Crippen LogP contribution in [-0.4, -0.2) is 42.3 Å². The molecule has 1 N–H and O–H groups in total. The molecule has 0 aromatic heterocycles. The lowest BCUT2D eigenvalue weighted by Gasteiger charge is -2.35. The summed E-state index contributed by atoms with van der Waals surface area (Å²) < 4.78 is 5.33. The molecule has 0 saturated carbocycles. The molecule has 0 spiro atoms. The number of nitrogens with one attached hydrogen (secondary N) is 1. The van der Waals surface area contributed by atoms with E-state index >= 15 is 0 Å². The molecular weight excluding hydrogens is 228 g/mol. The number of hydrogen-bond donors (Lipinski definition) is 1. The standard InChI is InChI=1S/C12H22N2O2.C2H6/c1-9(2)10-8-14(7-6-13-10)11(15)16-12(3,4)5;1-2/h10,13H,1,6-8H2,2-5H3;1-2H3. The smallest absolute Gasteiger partial charge is 0.410 e. The van der Waals surface area contributed by atoms with Crippen molar-refractivity contribution in [3.8, 4) is 0 Å². The summed E-state index contributed by atoms with van der Waals surface area (Å²) in [5, 5.41) is 3.32. The number of nitrogens with zero attached hydrogens (tertiary/aromatic N) is 1. The van der Waals surface area contributed by atoms with Crippen LogP contribution in [0.25, 0.3) is 0 Å². The second-order valence-electron chi connectivity index (χ2n) is 5.28. The van der Waals surface area contributed by atoms with Crippen molar-refractivity contribution in [2.45, 2.75) is 53.2 Å². The van der Waals surface area contributed by atoms with E-state index in [0.717, 1.165) is 12.1 Å². The van der Waals surface area contributed by atoms with E-state index in [2.05, 4.69) is 11.9 Å². The van der Waals surface area contributed by atoms with Gasteiger partial charge in [0.1, 0.15) is 5.60 Å². The topological polar surface area (TPSA) is 41.6 Å². The van der Waals surface area contributed by atoms with Crippen molar-refractivity contribution in [3.63, 3.8) is 0 Å². The molecule has 1 fully saturated rings. The molecule has 4 nitrogen and oxygen atoms in total. The SMILES string of the molecule is C=C(C)C1CN(C(=O)OC(C)(C)C)CCN1.CC. The van der Waals surface area contributed by atoms with Crippen molar-refractivity contribution in [2.24, 2.45) is 0 Å². The normalized spacial score (nSPS) is 19.7. The lowest BCUT2D eigenvalue weighted by molar-refractivity contribution is 0.0207. The number of rotatable bonds is 1. The molecule has 0 aromatic carbocycles. The van der Waals surface area contributed by atoms with Gasteiger partial charge in [-0.2, -0.15) is 0 Å². The molecule has 1 aliphatic heterocycles. The summed E-state index contributed by atoms with van der Waals surface area (Å²) in [7, 11) is 0. The van der Waals surface area contributed by atoms with E-state index in [0.29, 0.717) is 13.1 Å². The fraction of sp³-hybridized carbons (Fsp3) is 0.786. The van der Waals surface area contributed by atoms with Crippen LogP contribution in [0.3, 0.4) is 0 Å². The van der Waals surface area contributed by atoms with E-state index in [1.54, 1.807) is 4.90 Å². The number of hydrogen-bond acceptors (Lipinski definition) is 3. The van der Waals surface area contributed by atoms with Gasteiger partial charge in [-0.1, -0.05) is 26.0 Å². The maximum Gasteiger partial charge on any atom is 0.410 e. The maximum atomic E-state index is 11.8. The number of carbonyl (C=O) groups excluding carboxylic acids is 1. The minimum atomic E-state index is -0.430. The van der Waals surface area contributed by atoms with Crippen LogP contribution in [0.4, 0.5) is 4.79 Å². The largest absolute Gasteiger partial charge is 0.444 e. The minimum Gasteiger partial charge on any atom is -0.444 e. The molecule has 1 aliphatic rings. The summed E-state index contributed by atoms with van der Waals surface area (Å²) in [5.41, 5.74) is 0.619. The van der Waals surface area contributed by atoms with Gasteiger partial charge in [0, 0.05) is 25.7 Å². The predicted octanol–water partition coefficient (Wildman–Crippen LogP) is 2.80. The Hall–Kier alpha value is -1.03. The van der Waals surface area contributed by atoms with Gasteiger partial charge in [0.05, 0.1) is 0 Å². The molecule has 0 bridgehead atoms. The van der Waals surface area contributed by atoms with Gasteiger partial charge in [0.25, 0.3) is 0 Å². The molecule has 0 aliphatic carbocycles. The quantitative estimate of drug-likeness (QED) is 0.734. The summed E-state index contributed by atoms with van der Waals surface area (Å²) in [4.78, 5) is 13.6. The van der Waals surface area contributed by atoms with E-state index in [1.165, 1.54) is 0 Å². The van der Waals surface area contributed by atoms with Crippen molar-refractivity contribution in [3.05, 3.63) is 12.2 Å². The predicted molar refractivity (Wildman–Crippen MR) is 75.8 cm³/mol. The molecule has 1 atom stereocenters. The average molecular weight is 256 g/mol. The molecule has 1 unspecified atom stereocenters. The summed E-state index contributed by atoms with van der Waals surface area (Å²) in [5.74, 6) is 0. The summed E-state index contributed by atoms with van der Waals surface area (Å²) in [6.45, 7) is 17.6. The Bertz CT molecular complexity index is 282. The van der Waals surface area contributed by atoms with Crippen LogP contribution in [0.5, 0.6) is 0 Å². The highest BCUT2D eigenvalue weighted by Crippen LogP contribution is 2.13. The molecule has 1 heterocycles. The first kappa shape index (κ1) is 17.0. The van der Waals surface area contributed by atoms with Crippen molar-refractivity contribution in [1.82, 2.24) is 10.2 Å². The number of amides is 1. The first-order valence-corrected chi connectivity index (χ1v) is 6.66. The second-order valence-corrected chi connectivity index (χ2v) is 5.28. The van der Waals surface area contributed by atoms with Crippen LogP contribution in [0.2, 0.25) is 0 Å². The average Bonchev–Trinajstić information content (AvgIpc) is 2.29. The zero-order valence-electron chi connectivity index (χ0n) is 12.7. The first-order chi connectivity index (χ1) is 8.29. The Kier molecular flexibility index (Phi) is 6.99. The third-order valence-corrected chi connectivity index (χ3v) is 2.42. The zero-order valence-corrected chi connectivity index (χ0v) is 12.7. The van der Waals surface area contributed by atoms with Crippen LogP contribution >= 0.6 is 0 Å². The molecule has 0 radical (unpaired) electrons. The van der Waals surface area contributed by atoms with Crippen LogP contribution < -0.4 is 5.32 Å². The van der Waals surface area contributed by atoms with E-state index in [4.69, 9.17) is 4.74 Å². The minimum absolute atomic E-state index is 0.182. The van der Waals surface area contributed by atoms with E-state index in [1.807, 2.05) is 41.5 Å². The zero-order chi connectivity index (χ0) is 14.3. The molecule has 18 heavy (non-hydrogen) atoms. The van der Waals surface area contributed by atoms with E-state index in [9.17, 15) is 4.79 Å². The van der Waals surface area contributed by atoms with Gasteiger partial charge in [0.15, 0.2) is 0 Å². The molecule has 4 heteroatoms. The van der Waals surface area contributed by atoms with Gasteiger partial charge < -0.3 is 15.0 Å². The van der Waals surface area contributed by atoms with E-state index < -0.39 is 5.60 Å². The highest BCUT2D eigenvalue weighted by molar-refractivity contribution is 5.68. The van der Waals surface area contributed by atoms with Crippen LogP contribution in [-0.2, 0) is 4.74 Å². The van der Waals surface area contributed by atoms with Gasteiger partial charge in [0.2, 0.25) is 0 Å². The lowest BCUT2D eigenvalue weighted by atomic mass is 10.1. The highest BCUT2D eigenvalue weighted by atomic mass is 16.6. The Morgan fingerprint density at radius 1 is 1.39 bits per heavy atom.